The van der Waals surface area contributed by atoms with Crippen molar-refractivity contribution < 1.29 is 14.7 Å². The zero-order valence-corrected chi connectivity index (χ0v) is 30.6. The zero-order valence-electron chi connectivity index (χ0n) is 30.6. The molecule has 2 aliphatic heterocycles. The number of aromatic nitrogens is 2. The minimum Gasteiger partial charge on any atom is -0.391 e. The molecule has 0 radical (unpaired) electrons. The molecule has 2 aliphatic rings. The van der Waals surface area contributed by atoms with Crippen LogP contribution in [0.3, 0.4) is 0 Å². The second-order valence-electron chi connectivity index (χ2n) is 13.2. The van der Waals surface area contributed by atoms with E-state index in [9.17, 15) is 14.7 Å². The average Bonchev–Trinajstić information content (AvgIpc) is 3.91. The molecule has 0 aliphatic carbocycles. The summed E-state index contributed by atoms with van der Waals surface area (Å²) in [6.07, 6.45) is 4.08. The fraction of sp³-hybridized carbons (Fsp3) is 0.318. The van der Waals surface area contributed by atoms with Gasteiger partial charge in [-0.2, -0.15) is 21.0 Å². The van der Waals surface area contributed by atoms with E-state index in [2.05, 4.69) is 52.9 Å². The highest BCUT2D eigenvalue weighted by Crippen LogP contribution is 2.38. The van der Waals surface area contributed by atoms with E-state index in [4.69, 9.17) is 21.0 Å². The number of carbonyl (C=O) groups excluding carboxylic acids is 2. The van der Waals surface area contributed by atoms with E-state index in [0.29, 0.717) is 65.9 Å². The monoisotopic (exact) mass is 713 g/mol. The summed E-state index contributed by atoms with van der Waals surface area (Å²) in [6.45, 7) is 5.60. The van der Waals surface area contributed by atoms with E-state index >= 15 is 0 Å². The molecule has 0 amide bonds. The standard InChI is InChI=1S/C25H24N4O2.C19H15N3O/c1-17-22(25(31)16-28-20-10-11-23(28)24(30)14-20)13-21(5-3-2-4-12-26)29(17)19-8-6-18(15-27)7-9-19;1-14-19(15(2)23)12-18(6-4-3-5-11-20)22(14)17-9-7-16(13-21)8-10-17/h6-9,13,20,23-24,30H,2,4,10-11,14,16H2,1H3;7-10,12H,3,5H2,1-2H3/t20?,23?,24-;/m0./s1. The van der Waals surface area contributed by atoms with Crippen molar-refractivity contribution in [1.82, 2.24) is 14.0 Å². The third-order valence-corrected chi connectivity index (χ3v) is 9.81. The number of fused-ring (bicyclic) bond motifs is 2. The van der Waals surface area contributed by atoms with Gasteiger partial charge in [0.05, 0.1) is 59.4 Å². The third kappa shape index (κ3) is 8.51. The molecule has 2 fully saturated rings. The Kier molecular flexibility index (Phi) is 12.6. The number of ketones is 2. The van der Waals surface area contributed by atoms with Crippen LogP contribution in [0, 0.1) is 82.9 Å². The van der Waals surface area contributed by atoms with E-state index in [0.717, 1.165) is 42.0 Å². The number of hydrogen-bond acceptors (Lipinski definition) is 8. The Morgan fingerprint density at radius 1 is 0.722 bits per heavy atom. The predicted molar refractivity (Wildman–Crippen MR) is 202 cm³/mol. The highest BCUT2D eigenvalue weighted by Gasteiger charge is 2.46. The molecule has 4 aromatic rings. The maximum absolute atomic E-state index is 13.2. The average molecular weight is 714 g/mol. The van der Waals surface area contributed by atoms with Gasteiger partial charge in [-0.1, -0.05) is 11.8 Å². The third-order valence-electron chi connectivity index (χ3n) is 9.81. The van der Waals surface area contributed by atoms with E-state index in [1.807, 2.05) is 53.3 Å². The molecule has 2 aromatic carbocycles. The molecular formula is C44H39N7O3. The van der Waals surface area contributed by atoms with E-state index < -0.39 is 0 Å². The van der Waals surface area contributed by atoms with Gasteiger partial charge in [0.2, 0.25) is 0 Å². The van der Waals surface area contributed by atoms with Crippen molar-refractivity contribution in [1.29, 1.82) is 21.0 Å². The van der Waals surface area contributed by atoms with Crippen molar-refractivity contribution in [2.75, 3.05) is 6.54 Å². The lowest BCUT2D eigenvalue weighted by atomic mass is 9.98. The van der Waals surface area contributed by atoms with Crippen LogP contribution in [0.1, 0.15) is 106 Å². The SMILES string of the molecule is CC(=O)c1cc(C#CCCC#N)n(-c2ccc(C#N)cc2)c1C.Cc1c(C(=O)CN2C3CCC2[C@@H](O)C3)cc(C#CCCC#N)n1-c1ccc(C#N)cc1. The molecule has 0 spiro atoms. The number of rotatable bonds is 8. The molecular weight excluding hydrogens is 675 g/mol. The summed E-state index contributed by atoms with van der Waals surface area (Å²) in [5, 5.41) is 45.5. The van der Waals surface area contributed by atoms with Gasteiger partial charge in [0.25, 0.3) is 0 Å². The van der Waals surface area contributed by atoms with Crippen molar-refractivity contribution >= 4 is 11.6 Å². The predicted octanol–water partition coefficient (Wildman–Crippen LogP) is 6.61. The molecule has 2 unspecified atom stereocenters. The highest BCUT2D eigenvalue weighted by atomic mass is 16.3. The zero-order chi connectivity index (χ0) is 38.8. The van der Waals surface area contributed by atoms with Crippen molar-refractivity contribution in [3.8, 4) is 59.3 Å². The fourth-order valence-electron chi connectivity index (χ4n) is 7.18. The Bertz CT molecular complexity index is 2350. The molecule has 0 saturated carbocycles. The van der Waals surface area contributed by atoms with E-state index in [1.165, 1.54) is 6.92 Å². The maximum atomic E-state index is 13.2. The Morgan fingerprint density at radius 3 is 1.61 bits per heavy atom. The molecule has 2 bridgehead atoms. The molecule has 2 aromatic heterocycles. The summed E-state index contributed by atoms with van der Waals surface area (Å²) >= 11 is 0. The van der Waals surface area contributed by atoms with Crippen molar-refractivity contribution in [3.05, 3.63) is 106 Å². The van der Waals surface area contributed by atoms with Crippen LogP contribution >= 0.6 is 0 Å². The number of benzene rings is 2. The maximum Gasteiger partial charge on any atom is 0.178 e. The summed E-state index contributed by atoms with van der Waals surface area (Å²) < 4.78 is 3.83. The van der Waals surface area contributed by atoms with Crippen molar-refractivity contribution in [2.45, 2.75) is 83.9 Å². The summed E-state index contributed by atoms with van der Waals surface area (Å²) in [4.78, 5) is 27.2. The minimum absolute atomic E-state index is 0.0185. The minimum atomic E-state index is -0.336. The van der Waals surface area contributed by atoms with Crippen LogP contribution in [0.25, 0.3) is 11.4 Å². The van der Waals surface area contributed by atoms with Gasteiger partial charge < -0.3 is 14.2 Å². The number of aliphatic hydroxyl groups excluding tert-OH is 1. The van der Waals surface area contributed by atoms with Gasteiger partial charge in [0.15, 0.2) is 11.6 Å². The Hall–Kier alpha value is -6.66. The highest BCUT2D eigenvalue weighted by molar-refractivity contribution is 5.99. The first-order valence-electron chi connectivity index (χ1n) is 17.8. The quantitative estimate of drug-likeness (QED) is 0.121. The second-order valence-corrected chi connectivity index (χ2v) is 13.2. The van der Waals surface area contributed by atoms with Gasteiger partial charge in [-0.15, -0.1) is 0 Å². The lowest BCUT2D eigenvalue weighted by Crippen LogP contribution is -2.36. The summed E-state index contributed by atoms with van der Waals surface area (Å²) in [7, 11) is 0. The number of nitriles is 4. The van der Waals surface area contributed by atoms with Gasteiger partial charge in [-0.3, -0.25) is 14.5 Å². The van der Waals surface area contributed by atoms with Gasteiger partial charge in [-0.25, -0.2) is 0 Å². The summed E-state index contributed by atoms with van der Waals surface area (Å²) in [5.74, 6) is 12.1. The number of hydrogen-bond donors (Lipinski definition) is 1. The smallest absolute Gasteiger partial charge is 0.178 e. The van der Waals surface area contributed by atoms with Crippen molar-refractivity contribution in [3.63, 3.8) is 0 Å². The number of Topliss-reactive ketones (excluding diaryl/α,β-unsaturated/α-hetero) is 2. The van der Waals surface area contributed by atoms with Gasteiger partial charge in [0, 0.05) is 71.7 Å². The number of carbonyl (C=O) groups is 2. The molecule has 4 heterocycles. The Morgan fingerprint density at radius 2 is 1.20 bits per heavy atom. The first-order chi connectivity index (χ1) is 26.1. The molecule has 10 heteroatoms. The van der Waals surface area contributed by atoms with Gasteiger partial charge in [0.1, 0.15) is 0 Å². The van der Waals surface area contributed by atoms with Crippen LogP contribution in [-0.4, -0.2) is 55.4 Å². The Labute approximate surface area is 316 Å². The van der Waals surface area contributed by atoms with E-state index in [1.54, 1.807) is 30.3 Å². The first-order valence-corrected chi connectivity index (χ1v) is 17.8. The van der Waals surface area contributed by atoms with Crippen LogP contribution in [-0.2, 0) is 0 Å². The first kappa shape index (κ1) is 38.6. The largest absolute Gasteiger partial charge is 0.391 e. The van der Waals surface area contributed by atoms with Crippen LogP contribution < -0.4 is 0 Å². The number of nitrogens with zero attached hydrogens (tertiary/aromatic N) is 7. The summed E-state index contributed by atoms with van der Waals surface area (Å²) in [6, 6.07) is 26.6. The normalized spacial score (nSPS) is 16.6. The van der Waals surface area contributed by atoms with Crippen molar-refractivity contribution in [2.24, 2.45) is 0 Å². The molecule has 54 heavy (non-hydrogen) atoms. The topological polar surface area (TPSA) is 163 Å². The van der Waals surface area contributed by atoms with Crippen LogP contribution in [0.2, 0.25) is 0 Å². The van der Waals surface area contributed by atoms with Crippen LogP contribution in [0.4, 0.5) is 0 Å². The van der Waals surface area contributed by atoms with Gasteiger partial charge >= 0.3 is 0 Å². The van der Waals surface area contributed by atoms with Crippen LogP contribution in [0.5, 0.6) is 0 Å². The lowest BCUT2D eigenvalue weighted by molar-refractivity contribution is 0.0872. The molecule has 268 valence electrons. The van der Waals surface area contributed by atoms with Crippen LogP contribution in [0.15, 0.2) is 60.7 Å². The second kappa shape index (κ2) is 17.7. The number of unbranched alkanes of at least 4 members (excludes halogenated alkanes) is 2. The molecule has 3 atom stereocenters. The lowest BCUT2D eigenvalue weighted by Gasteiger charge is -2.21. The molecule has 10 nitrogen and oxygen atoms in total. The molecule has 6 rings (SSSR count). The molecule has 1 N–H and O–H groups in total. The van der Waals surface area contributed by atoms with E-state index in [-0.39, 0.29) is 29.8 Å². The molecule has 2 saturated heterocycles. The Balaban J connectivity index is 0.000000218. The fourth-order valence-corrected chi connectivity index (χ4v) is 7.18. The van der Waals surface area contributed by atoms with Gasteiger partial charge in [-0.05, 0) is 113 Å². The summed E-state index contributed by atoms with van der Waals surface area (Å²) in [5.41, 5.74) is 7.06. The number of aliphatic hydroxyl groups is 1.